The van der Waals surface area contributed by atoms with Gasteiger partial charge in [0.1, 0.15) is 17.1 Å². The van der Waals surface area contributed by atoms with Gasteiger partial charge in [-0.2, -0.15) is 8.42 Å². The third-order valence-corrected chi connectivity index (χ3v) is 10.5. The fourth-order valence-electron chi connectivity index (χ4n) is 5.33. The van der Waals surface area contributed by atoms with Gasteiger partial charge in [0.2, 0.25) is 0 Å². The Balaban J connectivity index is 1.37. The minimum absolute atomic E-state index is 0.0261. The van der Waals surface area contributed by atoms with Crippen LogP contribution in [0.2, 0.25) is 10.3 Å². The zero-order chi connectivity index (χ0) is 29.7. The Kier molecular flexibility index (Phi) is 9.56. The van der Waals surface area contributed by atoms with Gasteiger partial charge in [0.05, 0.1) is 11.1 Å². The van der Waals surface area contributed by atoms with Crippen molar-refractivity contribution in [1.82, 2.24) is 0 Å². The first-order valence-electron chi connectivity index (χ1n) is 13.5. The maximum absolute atomic E-state index is 13.5. The van der Waals surface area contributed by atoms with Gasteiger partial charge in [-0.1, -0.05) is 35.9 Å². The van der Waals surface area contributed by atoms with E-state index in [1.807, 2.05) is 12.1 Å². The van der Waals surface area contributed by atoms with Crippen LogP contribution in [0.5, 0.6) is 11.5 Å². The molecular weight excluding hydrogens is 643 g/mol. The molecule has 2 heterocycles. The van der Waals surface area contributed by atoms with Gasteiger partial charge in [-0.05, 0) is 35.4 Å². The van der Waals surface area contributed by atoms with Crippen LogP contribution in [0.4, 0.5) is 5.69 Å². The molecule has 1 fully saturated rings. The van der Waals surface area contributed by atoms with E-state index in [9.17, 15) is 18.3 Å². The SMILES string of the molecule is N#C[Se]CCCCCC(=O)Nc1ccc(C2=C(c3ccc(O)cc3)C3CC(S(=O)(=O)Oc4ccccc4Cl)C2O3)cc1. The fourth-order valence-corrected chi connectivity index (χ4v) is 7.91. The second kappa shape index (κ2) is 13.3. The Hall–Kier alpha value is -3.32. The number of phenols is 1. The number of hydrogen-bond donors (Lipinski definition) is 2. The summed E-state index contributed by atoms with van der Waals surface area (Å²) < 4.78 is 38.7. The van der Waals surface area contributed by atoms with Crippen molar-refractivity contribution in [3.8, 4) is 16.5 Å². The number of anilines is 1. The topological polar surface area (TPSA) is 126 Å². The average molecular weight is 672 g/mol. The van der Waals surface area contributed by atoms with Gasteiger partial charge in [0, 0.05) is 6.42 Å². The van der Waals surface area contributed by atoms with E-state index in [-0.39, 0.29) is 43.8 Å². The molecule has 0 aromatic heterocycles. The molecule has 3 unspecified atom stereocenters. The van der Waals surface area contributed by atoms with Gasteiger partial charge in [0.25, 0.3) is 0 Å². The first-order chi connectivity index (χ1) is 20.3. The third-order valence-electron chi connectivity index (χ3n) is 7.28. The summed E-state index contributed by atoms with van der Waals surface area (Å²) >= 11 is 6.20. The summed E-state index contributed by atoms with van der Waals surface area (Å²) in [5, 5.41) is 21.6. The van der Waals surface area contributed by atoms with E-state index in [0.29, 0.717) is 12.1 Å². The molecule has 2 N–H and O–H groups in total. The molecule has 1 amide bonds. The molecule has 5 rings (SSSR count). The van der Waals surface area contributed by atoms with Crippen molar-refractivity contribution in [2.75, 3.05) is 5.32 Å². The number of amides is 1. The second-order valence-corrected chi connectivity index (χ2v) is 14.1. The van der Waals surface area contributed by atoms with Gasteiger partial charge in [-0.15, -0.1) is 0 Å². The number of halogens is 1. The van der Waals surface area contributed by atoms with Crippen LogP contribution < -0.4 is 9.50 Å². The van der Waals surface area contributed by atoms with Gasteiger partial charge < -0.3 is 14.0 Å². The van der Waals surface area contributed by atoms with E-state index in [0.717, 1.165) is 46.9 Å². The molecule has 42 heavy (non-hydrogen) atoms. The number of phenolic OH excluding ortho intramolecular Hbond substituents is 1. The van der Waals surface area contributed by atoms with Crippen LogP contribution >= 0.6 is 11.6 Å². The summed E-state index contributed by atoms with van der Waals surface area (Å²) in [7, 11) is -4.12. The fraction of sp³-hybridized carbons (Fsp3) is 0.290. The number of nitrogens with zero attached hydrogens (tertiary/aromatic N) is 1. The number of para-hydroxylation sites is 1. The number of nitriles is 1. The van der Waals surface area contributed by atoms with Gasteiger partial charge >= 0.3 is 123 Å². The average Bonchev–Trinajstić information content (AvgIpc) is 3.57. The molecule has 0 aliphatic carbocycles. The third kappa shape index (κ3) is 6.83. The monoisotopic (exact) mass is 672 g/mol. The number of carbonyl (C=O) groups is 1. The van der Waals surface area contributed by atoms with E-state index < -0.39 is 27.6 Å². The van der Waals surface area contributed by atoms with Crippen molar-refractivity contribution in [1.29, 1.82) is 5.26 Å². The molecular formula is C31H29ClN2O6SSe. The number of rotatable bonds is 12. The van der Waals surface area contributed by atoms with Crippen LogP contribution in [0, 0.1) is 10.2 Å². The zero-order valence-electron chi connectivity index (χ0n) is 22.5. The van der Waals surface area contributed by atoms with E-state index >= 15 is 0 Å². The summed E-state index contributed by atoms with van der Waals surface area (Å²) in [5.41, 5.74) is 3.81. The summed E-state index contributed by atoms with van der Waals surface area (Å²) in [4.78, 5) is 14.6. The Labute approximate surface area is 256 Å². The van der Waals surface area contributed by atoms with Crippen LogP contribution in [0.3, 0.4) is 0 Å². The number of benzene rings is 3. The normalized spacial score (nSPS) is 19.5. The molecule has 11 heteroatoms. The molecule has 3 atom stereocenters. The molecule has 1 saturated heterocycles. The summed E-state index contributed by atoms with van der Waals surface area (Å²) in [6, 6.07) is 20.4. The van der Waals surface area contributed by atoms with Crippen molar-refractivity contribution in [3.63, 3.8) is 0 Å². The Morgan fingerprint density at radius 3 is 2.43 bits per heavy atom. The summed E-state index contributed by atoms with van der Waals surface area (Å²) in [6.07, 6.45) is 1.98. The van der Waals surface area contributed by atoms with Crippen molar-refractivity contribution in [2.45, 2.75) is 54.9 Å². The van der Waals surface area contributed by atoms with Gasteiger partial charge in [-0.3, -0.25) is 0 Å². The standard InChI is InChI=1S/C31H29ClN2O6SSe/c32-24-6-3-4-7-25(24)40-41(37,38)27-18-26-29(20-11-15-23(35)16-12-20)30(31(27)39-26)21-9-13-22(14-10-21)34-28(36)8-2-1-5-17-42-19-33/h3-4,6-7,9-16,26-27,31,35H,1-2,5,8,17-18H2,(H,34,36). The molecule has 0 radical (unpaired) electrons. The van der Waals surface area contributed by atoms with Gasteiger partial charge in [0.15, 0.2) is 5.75 Å². The second-order valence-electron chi connectivity index (χ2n) is 10.1. The van der Waals surface area contributed by atoms with Crippen LogP contribution in [0.15, 0.2) is 72.8 Å². The number of nitrogens with one attached hydrogen (secondary N) is 1. The van der Waals surface area contributed by atoms with Crippen LogP contribution in [0.1, 0.15) is 43.2 Å². The Bertz CT molecular complexity index is 1620. The number of fused-ring (bicyclic) bond motifs is 2. The number of aromatic hydroxyl groups is 1. The summed E-state index contributed by atoms with van der Waals surface area (Å²) in [6.45, 7) is 0. The van der Waals surface area contributed by atoms with Crippen molar-refractivity contribution < 1.29 is 27.2 Å². The van der Waals surface area contributed by atoms with E-state index in [4.69, 9.17) is 25.8 Å². The Morgan fingerprint density at radius 1 is 1.02 bits per heavy atom. The van der Waals surface area contributed by atoms with Crippen molar-refractivity contribution in [2.24, 2.45) is 0 Å². The molecule has 3 aromatic carbocycles. The first kappa shape index (κ1) is 30.1. The molecule has 0 saturated carbocycles. The molecule has 2 bridgehead atoms. The minimum atomic E-state index is -4.12. The van der Waals surface area contributed by atoms with E-state index in [1.54, 1.807) is 54.6 Å². The predicted octanol–water partition coefficient (Wildman–Crippen LogP) is 6.01. The first-order valence-corrected chi connectivity index (χ1v) is 17.5. The molecule has 0 spiro atoms. The van der Waals surface area contributed by atoms with Crippen molar-refractivity contribution >= 4 is 59.4 Å². The van der Waals surface area contributed by atoms with E-state index in [1.165, 1.54) is 6.07 Å². The Morgan fingerprint density at radius 2 is 1.71 bits per heavy atom. The van der Waals surface area contributed by atoms with Gasteiger partial charge in [-0.25, -0.2) is 0 Å². The van der Waals surface area contributed by atoms with Crippen molar-refractivity contribution in [3.05, 3.63) is 88.9 Å². The number of ether oxygens (including phenoxy) is 1. The van der Waals surface area contributed by atoms with Crippen LogP contribution in [-0.2, 0) is 19.6 Å². The number of unbranched alkanes of at least 4 members (excludes halogenated alkanes) is 2. The number of carbonyl (C=O) groups excluding carboxylic acids is 1. The molecule has 2 aliphatic rings. The van der Waals surface area contributed by atoms with E-state index in [2.05, 4.69) is 10.3 Å². The molecule has 3 aromatic rings. The predicted molar refractivity (Wildman–Crippen MR) is 163 cm³/mol. The zero-order valence-corrected chi connectivity index (χ0v) is 25.8. The maximum atomic E-state index is 13.5. The number of hydrogen-bond acceptors (Lipinski definition) is 7. The van der Waals surface area contributed by atoms with Crippen LogP contribution in [0.25, 0.3) is 11.1 Å². The molecule has 2 aliphatic heterocycles. The molecule has 218 valence electrons. The van der Waals surface area contributed by atoms with Crippen LogP contribution in [-0.4, -0.2) is 51.8 Å². The molecule has 8 nitrogen and oxygen atoms in total. The summed E-state index contributed by atoms with van der Waals surface area (Å²) in [5.74, 6) is 0.111. The quantitative estimate of drug-likeness (QED) is 0.137.